The second kappa shape index (κ2) is 3.66. The molecule has 0 amide bonds. The van der Waals surface area contributed by atoms with Crippen molar-refractivity contribution < 1.29 is 30.3 Å². The lowest BCUT2D eigenvalue weighted by Gasteiger charge is -2.42. The van der Waals surface area contributed by atoms with Gasteiger partial charge in [-0.05, 0) is 0 Å². The number of ether oxygens (including phenoxy) is 1. The Morgan fingerprint density at radius 3 is 2.23 bits per heavy atom. The number of aliphatic hydroxyl groups excluding tert-OH is 4. The molecular formula is C6H11ClO6. The van der Waals surface area contributed by atoms with Crippen LogP contribution in [0.4, 0.5) is 0 Å². The SMILES string of the molecule is OC[C@]1(O)OC(Cl)[C@@H](O)[C@@H](O)[C@@H]1O. The summed E-state index contributed by atoms with van der Waals surface area (Å²) in [7, 11) is 0. The van der Waals surface area contributed by atoms with Crippen LogP contribution >= 0.6 is 11.6 Å². The monoisotopic (exact) mass is 214 g/mol. The zero-order chi connectivity index (χ0) is 10.2. The molecule has 5 atom stereocenters. The molecule has 13 heavy (non-hydrogen) atoms. The van der Waals surface area contributed by atoms with Crippen LogP contribution in [0.15, 0.2) is 0 Å². The Labute approximate surface area is 78.9 Å². The fourth-order valence-electron chi connectivity index (χ4n) is 1.07. The molecule has 1 fully saturated rings. The van der Waals surface area contributed by atoms with E-state index in [2.05, 4.69) is 4.74 Å². The first kappa shape index (κ1) is 11.1. The fourth-order valence-corrected chi connectivity index (χ4v) is 1.38. The van der Waals surface area contributed by atoms with Crippen molar-refractivity contribution in [2.75, 3.05) is 6.61 Å². The highest BCUT2D eigenvalue weighted by Gasteiger charge is 2.52. The fraction of sp³-hybridized carbons (Fsp3) is 1.00. The molecule has 5 N–H and O–H groups in total. The minimum absolute atomic E-state index is 0.929. The van der Waals surface area contributed by atoms with Crippen molar-refractivity contribution in [3.8, 4) is 0 Å². The molecule has 0 aromatic heterocycles. The summed E-state index contributed by atoms with van der Waals surface area (Å²) in [5.41, 5.74) is -1.38. The van der Waals surface area contributed by atoms with Crippen LogP contribution in [0.2, 0.25) is 0 Å². The van der Waals surface area contributed by atoms with E-state index in [1.165, 1.54) is 0 Å². The van der Waals surface area contributed by atoms with Crippen LogP contribution in [0.1, 0.15) is 0 Å². The van der Waals surface area contributed by atoms with Gasteiger partial charge in [0.2, 0.25) is 5.79 Å². The zero-order valence-corrected chi connectivity index (χ0v) is 7.29. The van der Waals surface area contributed by atoms with Gasteiger partial charge in [0.25, 0.3) is 0 Å². The number of halogens is 1. The summed E-state index contributed by atoms with van der Waals surface area (Å²) in [4.78, 5) is 0. The second-order valence-electron chi connectivity index (χ2n) is 2.90. The minimum atomic E-state index is -2.33. The molecule has 1 aliphatic rings. The lowest BCUT2D eigenvalue weighted by atomic mass is 9.97. The molecule has 1 aliphatic heterocycles. The van der Waals surface area contributed by atoms with Gasteiger partial charge in [0.1, 0.15) is 18.3 Å². The van der Waals surface area contributed by atoms with Crippen LogP contribution in [0.5, 0.6) is 0 Å². The summed E-state index contributed by atoms with van der Waals surface area (Å²) < 4.78 is 4.53. The smallest absolute Gasteiger partial charge is 0.220 e. The van der Waals surface area contributed by atoms with Gasteiger partial charge >= 0.3 is 0 Å². The molecule has 1 rings (SSSR count). The second-order valence-corrected chi connectivity index (χ2v) is 3.33. The summed E-state index contributed by atoms with van der Waals surface area (Å²) in [6.45, 7) is -0.929. The zero-order valence-electron chi connectivity index (χ0n) is 6.54. The highest BCUT2D eigenvalue weighted by Crippen LogP contribution is 2.29. The van der Waals surface area contributed by atoms with Crippen molar-refractivity contribution in [3.63, 3.8) is 0 Å². The van der Waals surface area contributed by atoms with E-state index in [1.807, 2.05) is 0 Å². The average molecular weight is 215 g/mol. The molecular weight excluding hydrogens is 204 g/mol. The summed E-state index contributed by atoms with van der Waals surface area (Å²) in [6, 6.07) is 0. The van der Waals surface area contributed by atoms with Gasteiger partial charge in [0.05, 0.1) is 6.61 Å². The predicted octanol–water partition coefficient (Wildman–Crippen LogP) is -2.65. The van der Waals surface area contributed by atoms with Gasteiger partial charge in [-0.3, -0.25) is 0 Å². The van der Waals surface area contributed by atoms with E-state index in [-0.39, 0.29) is 0 Å². The first-order chi connectivity index (χ1) is 5.92. The van der Waals surface area contributed by atoms with E-state index < -0.39 is 36.3 Å². The Morgan fingerprint density at radius 1 is 1.23 bits per heavy atom. The van der Waals surface area contributed by atoms with Crippen LogP contribution < -0.4 is 0 Å². The summed E-state index contributed by atoms with van der Waals surface area (Å²) in [5.74, 6) is -2.33. The molecule has 1 saturated heterocycles. The molecule has 0 aliphatic carbocycles. The number of rotatable bonds is 1. The standard InChI is InChI=1S/C6H11ClO6/c7-5-3(10)2(9)4(11)6(12,1-8)13-5/h2-5,8-12H,1H2/t2-,3+,4+,5?,6+/m1/s1. The van der Waals surface area contributed by atoms with Crippen LogP contribution in [-0.4, -0.2) is 61.8 Å². The van der Waals surface area contributed by atoms with Gasteiger partial charge in [0.15, 0.2) is 5.56 Å². The molecule has 7 heteroatoms. The van der Waals surface area contributed by atoms with Crippen LogP contribution in [0.3, 0.4) is 0 Å². The highest BCUT2D eigenvalue weighted by molar-refractivity contribution is 6.20. The van der Waals surface area contributed by atoms with Gasteiger partial charge in [0, 0.05) is 0 Å². The van der Waals surface area contributed by atoms with Crippen LogP contribution in [0.25, 0.3) is 0 Å². The highest BCUT2D eigenvalue weighted by atomic mass is 35.5. The van der Waals surface area contributed by atoms with Crippen LogP contribution in [0, 0.1) is 0 Å². The van der Waals surface area contributed by atoms with E-state index in [1.54, 1.807) is 0 Å². The first-order valence-electron chi connectivity index (χ1n) is 3.61. The Kier molecular flexibility index (Phi) is 3.13. The van der Waals surface area contributed by atoms with Gasteiger partial charge in [-0.15, -0.1) is 0 Å². The summed E-state index contributed by atoms with van der Waals surface area (Å²) in [6.07, 6.45) is -4.97. The molecule has 0 aromatic rings. The normalized spacial score (nSPS) is 52.2. The number of aliphatic hydroxyl groups is 5. The lowest BCUT2D eigenvalue weighted by molar-refractivity contribution is -0.340. The molecule has 0 aromatic carbocycles. The van der Waals surface area contributed by atoms with Crippen molar-refractivity contribution in [1.82, 2.24) is 0 Å². The maximum absolute atomic E-state index is 9.33. The van der Waals surface area contributed by atoms with Gasteiger partial charge in [-0.2, -0.15) is 0 Å². The quantitative estimate of drug-likeness (QED) is 0.305. The maximum Gasteiger partial charge on any atom is 0.220 e. The van der Waals surface area contributed by atoms with Crippen molar-refractivity contribution >= 4 is 11.6 Å². The number of hydrogen-bond acceptors (Lipinski definition) is 6. The third-order valence-corrected chi connectivity index (χ3v) is 2.29. The number of alkyl halides is 1. The molecule has 0 saturated carbocycles. The predicted molar refractivity (Wildman–Crippen MR) is 40.8 cm³/mol. The molecule has 1 heterocycles. The topological polar surface area (TPSA) is 110 Å². The lowest BCUT2D eigenvalue weighted by Crippen LogP contribution is -2.64. The van der Waals surface area contributed by atoms with Gasteiger partial charge in [-0.1, -0.05) is 11.6 Å². The molecule has 6 nitrogen and oxygen atoms in total. The molecule has 0 radical (unpaired) electrons. The average Bonchev–Trinajstić information content (AvgIpc) is 2.12. The largest absolute Gasteiger partial charge is 0.391 e. The van der Waals surface area contributed by atoms with Crippen molar-refractivity contribution in [1.29, 1.82) is 0 Å². The maximum atomic E-state index is 9.33. The molecule has 1 unspecified atom stereocenters. The van der Waals surface area contributed by atoms with E-state index in [0.29, 0.717) is 0 Å². The summed E-state index contributed by atoms with van der Waals surface area (Å²) in [5, 5.41) is 45.4. The van der Waals surface area contributed by atoms with Crippen molar-refractivity contribution in [2.45, 2.75) is 29.7 Å². The molecule has 0 bridgehead atoms. The van der Waals surface area contributed by atoms with Gasteiger partial charge < -0.3 is 30.3 Å². The van der Waals surface area contributed by atoms with Crippen molar-refractivity contribution in [2.24, 2.45) is 0 Å². The third-order valence-electron chi connectivity index (χ3n) is 1.95. The Hall–Kier alpha value is 0.0500. The van der Waals surface area contributed by atoms with Gasteiger partial charge in [-0.25, -0.2) is 0 Å². The van der Waals surface area contributed by atoms with E-state index in [9.17, 15) is 10.2 Å². The van der Waals surface area contributed by atoms with E-state index in [0.717, 1.165) is 0 Å². The third kappa shape index (κ3) is 1.79. The minimum Gasteiger partial charge on any atom is -0.391 e. The Bertz CT molecular complexity index is 190. The van der Waals surface area contributed by atoms with Crippen LogP contribution in [-0.2, 0) is 4.74 Å². The molecule has 78 valence electrons. The van der Waals surface area contributed by atoms with E-state index >= 15 is 0 Å². The Morgan fingerprint density at radius 2 is 1.77 bits per heavy atom. The van der Waals surface area contributed by atoms with E-state index in [4.69, 9.17) is 26.9 Å². The summed E-state index contributed by atoms with van der Waals surface area (Å²) >= 11 is 5.38. The van der Waals surface area contributed by atoms with Crippen molar-refractivity contribution in [3.05, 3.63) is 0 Å². The Balaban J connectivity index is 2.82. The first-order valence-corrected chi connectivity index (χ1v) is 4.05. The number of hydrogen-bond donors (Lipinski definition) is 5. The molecule has 0 spiro atoms.